The fourth-order valence-corrected chi connectivity index (χ4v) is 3.56. The number of para-hydroxylation sites is 2. The van der Waals surface area contributed by atoms with E-state index in [0.717, 1.165) is 20.4 Å². The van der Waals surface area contributed by atoms with Gasteiger partial charge in [0.25, 0.3) is 0 Å². The summed E-state index contributed by atoms with van der Waals surface area (Å²) in [4.78, 5) is 12.8. The summed E-state index contributed by atoms with van der Waals surface area (Å²) >= 11 is 6.92. The molecule has 0 atom stereocenters. The Morgan fingerprint density at radius 2 is 0.900 bits per heavy atom. The first-order valence-electron chi connectivity index (χ1n) is 9.20. The maximum Gasteiger partial charge on any atom is 0.193 e. The summed E-state index contributed by atoms with van der Waals surface area (Å²) < 4.78 is 13.4. The van der Waals surface area contributed by atoms with Crippen LogP contribution in [0.25, 0.3) is 0 Å². The Morgan fingerprint density at radius 3 is 1.27 bits per heavy atom. The van der Waals surface area contributed by atoms with Crippen molar-refractivity contribution in [3.05, 3.63) is 117 Å². The molecule has 0 saturated heterocycles. The van der Waals surface area contributed by atoms with Crippen molar-refractivity contribution in [3.63, 3.8) is 0 Å². The van der Waals surface area contributed by atoms with Gasteiger partial charge >= 0.3 is 0 Å². The minimum Gasteiger partial charge on any atom is -0.456 e. The van der Waals surface area contributed by atoms with E-state index in [4.69, 9.17) is 9.47 Å². The lowest BCUT2D eigenvalue weighted by molar-refractivity contribution is 0.103. The monoisotopic (exact) mass is 522 g/mol. The topological polar surface area (TPSA) is 35.5 Å². The summed E-state index contributed by atoms with van der Waals surface area (Å²) in [6, 6.07) is 29.4. The lowest BCUT2D eigenvalue weighted by Gasteiger charge is -2.09. The van der Waals surface area contributed by atoms with Gasteiger partial charge in [-0.05, 0) is 105 Å². The molecular weight excluding hydrogens is 508 g/mol. The van der Waals surface area contributed by atoms with Crippen LogP contribution in [0.4, 0.5) is 0 Å². The van der Waals surface area contributed by atoms with E-state index in [1.807, 2.05) is 48.5 Å². The maximum absolute atomic E-state index is 12.8. The van der Waals surface area contributed by atoms with Crippen LogP contribution in [-0.2, 0) is 0 Å². The number of benzene rings is 4. The lowest BCUT2D eigenvalue weighted by atomic mass is 10.0. The molecule has 3 nitrogen and oxygen atoms in total. The highest BCUT2D eigenvalue weighted by molar-refractivity contribution is 9.10. The number of carbonyl (C=O) groups is 1. The first-order chi connectivity index (χ1) is 14.6. The van der Waals surface area contributed by atoms with Gasteiger partial charge in [0.2, 0.25) is 0 Å². The number of hydrogen-bond acceptors (Lipinski definition) is 3. The van der Waals surface area contributed by atoms with Crippen LogP contribution < -0.4 is 9.47 Å². The van der Waals surface area contributed by atoms with Gasteiger partial charge in [-0.25, -0.2) is 0 Å². The molecule has 0 aromatic heterocycles. The van der Waals surface area contributed by atoms with Gasteiger partial charge in [0.05, 0.1) is 8.95 Å². The van der Waals surface area contributed by atoms with E-state index in [0.29, 0.717) is 22.6 Å². The van der Waals surface area contributed by atoms with Gasteiger partial charge in [0.15, 0.2) is 5.78 Å². The third kappa shape index (κ3) is 4.81. The van der Waals surface area contributed by atoms with Gasteiger partial charge < -0.3 is 9.47 Å². The summed E-state index contributed by atoms with van der Waals surface area (Å²) in [5.74, 6) is 2.70. The van der Waals surface area contributed by atoms with Crippen molar-refractivity contribution >= 4 is 37.6 Å². The van der Waals surface area contributed by atoms with Crippen LogP contribution >= 0.6 is 31.9 Å². The molecular formula is C25H16Br2O3. The molecule has 0 fully saturated rings. The number of halogens is 2. The first-order valence-corrected chi connectivity index (χ1v) is 10.8. The standard InChI is InChI=1S/C25H16Br2O3/c26-21-5-1-3-7-23(21)29-19-13-9-17(10-14-19)25(28)18-11-15-20(16-12-18)30-24-8-4-2-6-22(24)27/h1-16H. The van der Waals surface area contributed by atoms with Crippen LogP contribution in [0.15, 0.2) is 106 Å². The Balaban J connectivity index is 1.45. The molecule has 0 amide bonds. The van der Waals surface area contributed by atoms with Crippen LogP contribution in [-0.4, -0.2) is 5.78 Å². The highest BCUT2D eigenvalue weighted by Crippen LogP contribution is 2.31. The third-order valence-corrected chi connectivity index (χ3v) is 5.67. The van der Waals surface area contributed by atoms with Gasteiger partial charge in [-0.15, -0.1) is 0 Å². The minimum atomic E-state index is -0.0603. The Labute approximate surface area is 191 Å². The summed E-state index contributed by atoms with van der Waals surface area (Å²) in [6.07, 6.45) is 0. The van der Waals surface area contributed by atoms with Crippen molar-refractivity contribution in [1.29, 1.82) is 0 Å². The second kappa shape index (κ2) is 9.28. The van der Waals surface area contributed by atoms with Crippen LogP contribution in [0.1, 0.15) is 15.9 Å². The number of ether oxygens (including phenoxy) is 2. The number of ketones is 1. The highest BCUT2D eigenvalue weighted by atomic mass is 79.9. The molecule has 0 aliphatic heterocycles. The molecule has 0 aliphatic carbocycles. The van der Waals surface area contributed by atoms with Crippen molar-refractivity contribution in [2.24, 2.45) is 0 Å². The van der Waals surface area contributed by atoms with Crippen LogP contribution in [0.2, 0.25) is 0 Å². The average molecular weight is 524 g/mol. The molecule has 30 heavy (non-hydrogen) atoms. The van der Waals surface area contributed by atoms with E-state index >= 15 is 0 Å². The lowest BCUT2D eigenvalue weighted by Crippen LogP contribution is -2.01. The molecule has 0 heterocycles. The van der Waals surface area contributed by atoms with Gasteiger partial charge in [-0.1, -0.05) is 24.3 Å². The van der Waals surface area contributed by atoms with Crippen molar-refractivity contribution in [2.75, 3.05) is 0 Å². The normalized spacial score (nSPS) is 10.5. The molecule has 0 unspecified atom stereocenters. The van der Waals surface area contributed by atoms with Crippen LogP contribution in [0.5, 0.6) is 23.0 Å². The molecule has 4 aromatic rings. The molecule has 0 radical (unpaired) electrons. The van der Waals surface area contributed by atoms with Gasteiger partial charge in [0.1, 0.15) is 23.0 Å². The molecule has 0 bridgehead atoms. The Morgan fingerprint density at radius 1 is 0.533 bits per heavy atom. The predicted molar refractivity (Wildman–Crippen MR) is 125 cm³/mol. The fourth-order valence-electron chi connectivity index (χ4n) is 2.82. The summed E-state index contributed by atoms with van der Waals surface area (Å²) in [5.41, 5.74) is 1.18. The van der Waals surface area contributed by atoms with E-state index in [1.54, 1.807) is 48.5 Å². The third-order valence-electron chi connectivity index (χ3n) is 4.36. The molecule has 4 aromatic carbocycles. The molecule has 0 spiro atoms. The van der Waals surface area contributed by atoms with Crippen LogP contribution in [0, 0.1) is 0 Å². The first kappa shape index (κ1) is 20.4. The second-order valence-electron chi connectivity index (χ2n) is 6.44. The number of rotatable bonds is 6. The fraction of sp³-hybridized carbons (Fsp3) is 0. The molecule has 0 aliphatic rings. The van der Waals surface area contributed by atoms with E-state index in [9.17, 15) is 4.79 Å². The largest absolute Gasteiger partial charge is 0.456 e. The molecule has 0 N–H and O–H groups in total. The predicted octanol–water partition coefficient (Wildman–Crippen LogP) is 8.03. The molecule has 0 saturated carbocycles. The van der Waals surface area contributed by atoms with Crippen molar-refractivity contribution in [1.82, 2.24) is 0 Å². The highest BCUT2D eigenvalue weighted by Gasteiger charge is 2.11. The van der Waals surface area contributed by atoms with Gasteiger partial charge in [-0.3, -0.25) is 4.79 Å². The smallest absolute Gasteiger partial charge is 0.193 e. The summed E-state index contributed by atoms with van der Waals surface area (Å²) in [6.45, 7) is 0. The number of carbonyl (C=O) groups excluding carboxylic acids is 1. The van der Waals surface area contributed by atoms with E-state index in [-0.39, 0.29) is 5.78 Å². The Kier molecular flexibility index (Phi) is 6.31. The van der Waals surface area contributed by atoms with Gasteiger partial charge in [-0.2, -0.15) is 0 Å². The maximum atomic E-state index is 12.8. The Bertz CT molecular complexity index is 1080. The number of hydrogen-bond donors (Lipinski definition) is 0. The minimum absolute atomic E-state index is 0.0603. The zero-order valence-electron chi connectivity index (χ0n) is 15.7. The van der Waals surface area contributed by atoms with E-state index in [1.165, 1.54) is 0 Å². The SMILES string of the molecule is O=C(c1ccc(Oc2ccccc2Br)cc1)c1ccc(Oc2ccccc2Br)cc1. The van der Waals surface area contributed by atoms with Crippen molar-refractivity contribution in [2.45, 2.75) is 0 Å². The zero-order valence-corrected chi connectivity index (χ0v) is 18.9. The second-order valence-corrected chi connectivity index (χ2v) is 8.15. The van der Waals surface area contributed by atoms with Crippen molar-refractivity contribution in [3.8, 4) is 23.0 Å². The molecule has 4 rings (SSSR count). The summed E-state index contributed by atoms with van der Waals surface area (Å²) in [5, 5.41) is 0. The van der Waals surface area contributed by atoms with Crippen LogP contribution in [0.3, 0.4) is 0 Å². The summed E-state index contributed by atoms with van der Waals surface area (Å²) in [7, 11) is 0. The van der Waals surface area contributed by atoms with E-state index < -0.39 is 0 Å². The Hall–Kier alpha value is -2.89. The quantitative estimate of drug-likeness (QED) is 0.240. The molecule has 148 valence electrons. The van der Waals surface area contributed by atoms with Crippen molar-refractivity contribution < 1.29 is 14.3 Å². The van der Waals surface area contributed by atoms with Gasteiger partial charge in [0, 0.05) is 11.1 Å². The molecule has 5 heteroatoms. The van der Waals surface area contributed by atoms with E-state index in [2.05, 4.69) is 31.9 Å². The zero-order chi connectivity index (χ0) is 20.9. The average Bonchev–Trinajstić information content (AvgIpc) is 2.77.